The van der Waals surface area contributed by atoms with Gasteiger partial charge in [-0.25, -0.2) is 4.79 Å². The van der Waals surface area contributed by atoms with Crippen LogP contribution in [0, 0.1) is 30.6 Å². The van der Waals surface area contributed by atoms with Gasteiger partial charge in [-0.2, -0.15) is 0 Å². The number of rotatable bonds is 4. The van der Waals surface area contributed by atoms with E-state index in [2.05, 4.69) is 5.32 Å². The van der Waals surface area contributed by atoms with Crippen molar-refractivity contribution < 1.29 is 24.6 Å². The van der Waals surface area contributed by atoms with Crippen LogP contribution in [0.25, 0.3) is 0 Å². The summed E-state index contributed by atoms with van der Waals surface area (Å²) in [6, 6.07) is 4.53. The molecule has 0 radical (unpaired) electrons. The third kappa shape index (κ3) is 2.69. The number of benzene rings is 1. The van der Waals surface area contributed by atoms with E-state index in [0.717, 1.165) is 24.8 Å². The van der Waals surface area contributed by atoms with Gasteiger partial charge in [0.1, 0.15) is 0 Å². The molecule has 6 nitrogen and oxygen atoms in total. The second kappa shape index (κ2) is 5.68. The maximum Gasteiger partial charge on any atom is 0.335 e. The molecule has 2 fully saturated rings. The fraction of sp³-hybridized carbons (Fsp3) is 0.471. The number of carboxylic acid groups (broad SMARTS) is 2. The molecule has 1 amide bonds. The van der Waals surface area contributed by atoms with Crippen LogP contribution in [0.2, 0.25) is 0 Å². The average molecular weight is 317 g/mol. The van der Waals surface area contributed by atoms with Crippen LogP contribution >= 0.6 is 0 Å². The molecule has 0 aliphatic heterocycles. The van der Waals surface area contributed by atoms with Crippen molar-refractivity contribution in [3.05, 3.63) is 29.3 Å². The van der Waals surface area contributed by atoms with Gasteiger partial charge in [0, 0.05) is 5.69 Å². The van der Waals surface area contributed by atoms with Crippen LogP contribution in [0.3, 0.4) is 0 Å². The molecule has 122 valence electrons. The number of hydrogen-bond acceptors (Lipinski definition) is 3. The fourth-order valence-electron chi connectivity index (χ4n) is 4.13. The Kier molecular flexibility index (Phi) is 3.83. The van der Waals surface area contributed by atoms with Crippen molar-refractivity contribution in [1.29, 1.82) is 0 Å². The second-order valence-electron chi connectivity index (χ2n) is 6.55. The summed E-state index contributed by atoms with van der Waals surface area (Å²) in [5, 5.41) is 21.2. The van der Waals surface area contributed by atoms with Crippen molar-refractivity contribution in [1.82, 2.24) is 0 Å². The van der Waals surface area contributed by atoms with Gasteiger partial charge < -0.3 is 15.5 Å². The lowest BCUT2D eigenvalue weighted by atomic mass is 9.78. The van der Waals surface area contributed by atoms with Gasteiger partial charge in [0.15, 0.2) is 0 Å². The molecule has 4 atom stereocenters. The quantitative estimate of drug-likeness (QED) is 0.791. The van der Waals surface area contributed by atoms with Crippen molar-refractivity contribution in [2.75, 3.05) is 5.32 Å². The highest BCUT2D eigenvalue weighted by atomic mass is 16.4. The first kappa shape index (κ1) is 15.5. The number of aryl methyl sites for hydroxylation is 1. The summed E-state index contributed by atoms with van der Waals surface area (Å²) in [5.74, 6) is -3.24. The summed E-state index contributed by atoms with van der Waals surface area (Å²) in [6.07, 6.45) is 2.56. The van der Waals surface area contributed by atoms with Gasteiger partial charge in [-0.1, -0.05) is 6.07 Å². The van der Waals surface area contributed by atoms with E-state index in [0.29, 0.717) is 5.69 Å². The van der Waals surface area contributed by atoms with Gasteiger partial charge in [0.05, 0.1) is 17.4 Å². The van der Waals surface area contributed by atoms with Crippen LogP contribution in [0.5, 0.6) is 0 Å². The van der Waals surface area contributed by atoms with Gasteiger partial charge in [-0.3, -0.25) is 9.59 Å². The van der Waals surface area contributed by atoms with E-state index in [1.807, 2.05) is 0 Å². The number of carboxylic acids is 2. The van der Waals surface area contributed by atoms with E-state index in [1.54, 1.807) is 13.0 Å². The zero-order chi connectivity index (χ0) is 16.7. The molecule has 0 heterocycles. The molecular weight excluding hydrogens is 298 g/mol. The lowest BCUT2D eigenvalue weighted by Crippen LogP contribution is -2.38. The van der Waals surface area contributed by atoms with E-state index in [1.165, 1.54) is 12.1 Å². The van der Waals surface area contributed by atoms with Crippen molar-refractivity contribution in [2.24, 2.45) is 23.7 Å². The number of carbonyl (C=O) groups excluding carboxylic acids is 1. The van der Waals surface area contributed by atoms with Crippen molar-refractivity contribution in [2.45, 2.75) is 26.2 Å². The minimum absolute atomic E-state index is 0.0831. The Labute approximate surface area is 133 Å². The molecule has 6 heteroatoms. The van der Waals surface area contributed by atoms with E-state index < -0.39 is 23.8 Å². The number of carbonyl (C=O) groups is 3. The Morgan fingerprint density at radius 3 is 2.35 bits per heavy atom. The molecule has 3 rings (SSSR count). The molecule has 2 bridgehead atoms. The number of aromatic carboxylic acids is 1. The monoisotopic (exact) mass is 317 g/mol. The smallest absolute Gasteiger partial charge is 0.335 e. The summed E-state index contributed by atoms with van der Waals surface area (Å²) in [7, 11) is 0. The van der Waals surface area contributed by atoms with Gasteiger partial charge in [-0.15, -0.1) is 0 Å². The van der Waals surface area contributed by atoms with Crippen LogP contribution in [-0.2, 0) is 9.59 Å². The predicted molar refractivity (Wildman–Crippen MR) is 82.2 cm³/mol. The summed E-state index contributed by atoms with van der Waals surface area (Å²) >= 11 is 0. The summed E-state index contributed by atoms with van der Waals surface area (Å²) < 4.78 is 0. The first-order valence-electron chi connectivity index (χ1n) is 7.76. The van der Waals surface area contributed by atoms with Crippen molar-refractivity contribution >= 4 is 23.5 Å². The molecule has 2 aliphatic carbocycles. The first-order chi connectivity index (χ1) is 10.9. The molecule has 0 spiro atoms. The molecule has 1 aromatic rings. The number of hydrogen-bond donors (Lipinski definition) is 3. The summed E-state index contributed by atoms with van der Waals surface area (Å²) in [5.41, 5.74) is 1.27. The number of nitrogens with one attached hydrogen (secondary N) is 1. The predicted octanol–water partition coefficient (Wildman–Crippen LogP) is 2.38. The molecule has 2 saturated carbocycles. The highest BCUT2D eigenvalue weighted by Crippen LogP contribution is 2.52. The lowest BCUT2D eigenvalue weighted by Gasteiger charge is -2.27. The fourth-order valence-corrected chi connectivity index (χ4v) is 4.13. The van der Waals surface area contributed by atoms with Crippen LogP contribution in [0.1, 0.15) is 35.2 Å². The van der Waals surface area contributed by atoms with Crippen molar-refractivity contribution in [3.63, 3.8) is 0 Å². The highest BCUT2D eigenvalue weighted by molar-refractivity contribution is 5.98. The van der Waals surface area contributed by atoms with E-state index in [9.17, 15) is 19.5 Å². The molecule has 1 aromatic carbocycles. The number of aliphatic carboxylic acids is 1. The highest BCUT2D eigenvalue weighted by Gasteiger charge is 2.54. The molecule has 23 heavy (non-hydrogen) atoms. The van der Waals surface area contributed by atoms with E-state index >= 15 is 0 Å². The minimum Gasteiger partial charge on any atom is -0.481 e. The number of anilines is 1. The van der Waals surface area contributed by atoms with Crippen LogP contribution in [0.4, 0.5) is 5.69 Å². The maximum atomic E-state index is 12.6. The molecule has 3 N–H and O–H groups in total. The number of fused-ring (bicyclic) bond motifs is 2. The molecule has 2 aliphatic rings. The number of amides is 1. The zero-order valence-electron chi connectivity index (χ0n) is 12.8. The molecular formula is C17H19NO5. The molecule has 0 aromatic heterocycles. The summed E-state index contributed by atoms with van der Waals surface area (Å²) in [6.45, 7) is 1.77. The van der Waals surface area contributed by atoms with Gasteiger partial charge in [0.2, 0.25) is 5.91 Å². The third-order valence-electron chi connectivity index (χ3n) is 5.25. The van der Waals surface area contributed by atoms with Gasteiger partial charge in [-0.05, 0) is 55.7 Å². The Balaban J connectivity index is 1.83. The van der Waals surface area contributed by atoms with Crippen LogP contribution in [0.15, 0.2) is 18.2 Å². The van der Waals surface area contributed by atoms with E-state index in [4.69, 9.17) is 5.11 Å². The largest absolute Gasteiger partial charge is 0.481 e. The summed E-state index contributed by atoms with van der Waals surface area (Å²) in [4.78, 5) is 35.2. The minimum atomic E-state index is -1.07. The van der Waals surface area contributed by atoms with Crippen molar-refractivity contribution in [3.8, 4) is 0 Å². The SMILES string of the molecule is Cc1ccc(C(=O)O)cc1NC(=O)C1C2CCC(C2)C1C(=O)O. The molecule has 4 unspecified atom stereocenters. The Bertz CT molecular complexity index is 684. The lowest BCUT2D eigenvalue weighted by molar-refractivity contribution is -0.148. The zero-order valence-corrected chi connectivity index (χ0v) is 12.8. The normalized spacial score (nSPS) is 28.6. The van der Waals surface area contributed by atoms with E-state index in [-0.39, 0.29) is 23.3 Å². The Morgan fingerprint density at radius 1 is 1.09 bits per heavy atom. The van der Waals surface area contributed by atoms with Crippen LogP contribution in [-0.4, -0.2) is 28.1 Å². The second-order valence-corrected chi connectivity index (χ2v) is 6.55. The topological polar surface area (TPSA) is 104 Å². The Hall–Kier alpha value is -2.37. The maximum absolute atomic E-state index is 12.6. The average Bonchev–Trinajstić information content (AvgIpc) is 3.09. The third-order valence-corrected chi connectivity index (χ3v) is 5.25. The van der Waals surface area contributed by atoms with Crippen LogP contribution < -0.4 is 5.32 Å². The first-order valence-corrected chi connectivity index (χ1v) is 7.76. The van der Waals surface area contributed by atoms with Gasteiger partial charge in [0.25, 0.3) is 0 Å². The Morgan fingerprint density at radius 2 is 1.74 bits per heavy atom. The van der Waals surface area contributed by atoms with Gasteiger partial charge >= 0.3 is 11.9 Å². The standard InChI is InChI=1S/C17H19NO5/c1-8-2-3-11(16(20)21)7-12(8)18-15(19)13-9-4-5-10(6-9)14(13)17(22)23/h2-3,7,9-10,13-14H,4-6H2,1H3,(H,18,19)(H,20,21)(H,22,23). The molecule has 0 saturated heterocycles.